The number of carbonyl (C=O) groups excluding carboxylic acids is 1. The van der Waals surface area contributed by atoms with Crippen LogP contribution in [0.1, 0.15) is 32.6 Å². The lowest BCUT2D eigenvalue weighted by molar-refractivity contribution is -0.122. The Hall–Kier alpha value is -0.610. The lowest BCUT2D eigenvalue weighted by Crippen LogP contribution is -2.40. The molecule has 3 N–H and O–H groups in total. The Morgan fingerprint density at radius 2 is 2.14 bits per heavy atom. The summed E-state index contributed by atoms with van der Waals surface area (Å²) in [4.78, 5) is 11.2. The Morgan fingerprint density at radius 1 is 1.43 bits per heavy atom. The molecule has 1 atom stereocenters. The van der Waals surface area contributed by atoms with E-state index >= 15 is 0 Å². The van der Waals surface area contributed by atoms with Gasteiger partial charge in [0, 0.05) is 20.3 Å². The molecule has 0 radical (unpaired) electrons. The van der Waals surface area contributed by atoms with E-state index in [4.69, 9.17) is 10.5 Å². The predicted molar refractivity (Wildman–Crippen MR) is 57.0 cm³/mol. The van der Waals surface area contributed by atoms with Crippen molar-refractivity contribution in [3.8, 4) is 0 Å². The number of amides is 1. The molecular weight excluding hydrogens is 180 g/mol. The summed E-state index contributed by atoms with van der Waals surface area (Å²) < 4.78 is 4.92. The number of ether oxygens (including phenoxy) is 1. The van der Waals surface area contributed by atoms with Gasteiger partial charge in [-0.3, -0.25) is 4.79 Å². The highest BCUT2D eigenvalue weighted by Crippen LogP contribution is 1.94. The molecule has 4 nitrogen and oxygen atoms in total. The van der Waals surface area contributed by atoms with Gasteiger partial charge in [0.1, 0.15) is 0 Å². The first-order valence-corrected chi connectivity index (χ1v) is 5.24. The van der Waals surface area contributed by atoms with Crippen molar-refractivity contribution in [2.75, 3.05) is 20.3 Å². The molecule has 0 aromatic heterocycles. The molecule has 0 bridgehead atoms. The molecule has 0 saturated carbocycles. The molecule has 14 heavy (non-hydrogen) atoms. The van der Waals surface area contributed by atoms with Crippen LogP contribution in [-0.2, 0) is 9.53 Å². The standard InChI is InChI=1S/C10H22N2O2/c1-3-9(11)10(13)12-7-5-4-6-8-14-2/h9H,3-8,11H2,1-2H3,(H,12,13)/t9-/m1/s1. The Kier molecular flexibility index (Phi) is 8.57. The second kappa shape index (κ2) is 8.97. The zero-order valence-electron chi connectivity index (χ0n) is 9.21. The zero-order valence-corrected chi connectivity index (χ0v) is 9.21. The number of carbonyl (C=O) groups is 1. The number of methoxy groups -OCH3 is 1. The maximum Gasteiger partial charge on any atom is 0.236 e. The summed E-state index contributed by atoms with van der Waals surface area (Å²) in [6, 6.07) is -0.353. The number of nitrogens with one attached hydrogen (secondary N) is 1. The highest BCUT2D eigenvalue weighted by atomic mass is 16.5. The maximum atomic E-state index is 11.2. The van der Waals surface area contributed by atoms with Gasteiger partial charge in [-0.25, -0.2) is 0 Å². The number of nitrogens with two attached hydrogens (primary N) is 1. The molecule has 0 aromatic rings. The van der Waals surface area contributed by atoms with E-state index in [1.54, 1.807) is 7.11 Å². The lowest BCUT2D eigenvalue weighted by atomic mass is 10.2. The van der Waals surface area contributed by atoms with E-state index in [2.05, 4.69) is 5.32 Å². The van der Waals surface area contributed by atoms with Crippen LogP contribution in [0.15, 0.2) is 0 Å². The van der Waals surface area contributed by atoms with Crippen LogP contribution in [0.2, 0.25) is 0 Å². The molecule has 4 heteroatoms. The summed E-state index contributed by atoms with van der Waals surface area (Å²) >= 11 is 0. The van der Waals surface area contributed by atoms with Crippen molar-refractivity contribution in [2.45, 2.75) is 38.6 Å². The normalized spacial score (nSPS) is 12.5. The molecule has 0 saturated heterocycles. The Labute approximate surface area is 86.2 Å². The summed E-state index contributed by atoms with van der Waals surface area (Å²) in [7, 11) is 1.70. The van der Waals surface area contributed by atoms with Crippen LogP contribution in [0.3, 0.4) is 0 Å². The second-order valence-corrected chi connectivity index (χ2v) is 3.36. The van der Waals surface area contributed by atoms with E-state index in [9.17, 15) is 4.79 Å². The molecular formula is C10H22N2O2. The summed E-state index contributed by atoms with van der Waals surface area (Å²) in [6.45, 7) is 3.42. The topological polar surface area (TPSA) is 64.4 Å². The fourth-order valence-corrected chi connectivity index (χ4v) is 1.08. The van der Waals surface area contributed by atoms with Crippen LogP contribution in [0.25, 0.3) is 0 Å². The predicted octanol–water partition coefficient (Wildman–Crippen LogP) is 0.657. The van der Waals surface area contributed by atoms with Gasteiger partial charge in [0.05, 0.1) is 6.04 Å². The average molecular weight is 202 g/mol. The highest BCUT2D eigenvalue weighted by Gasteiger charge is 2.08. The third-order valence-corrected chi connectivity index (χ3v) is 2.10. The molecule has 0 unspecified atom stereocenters. The van der Waals surface area contributed by atoms with Crippen molar-refractivity contribution in [3.63, 3.8) is 0 Å². The van der Waals surface area contributed by atoms with Gasteiger partial charge in [-0.2, -0.15) is 0 Å². The Morgan fingerprint density at radius 3 is 2.71 bits per heavy atom. The van der Waals surface area contributed by atoms with E-state index < -0.39 is 0 Å². The van der Waals surface area contributed by atoms with Gasteiger partial charge in [0.15, 0.2) is 0 Å². The minimum Gasteiger partial charge on any atom is -0.385 e. The number of hydrogen-bond acceptors (Lipinski definition) is 3. The molecule has 0 rings (SSSR count). The molecule has 0 aliphatic rings. The minimum atomic E-state index is -0.353. The monoisotopic (exact) mass is 202 g/mol. The van der Waals surface area contributed by atoms with Crippen LogP contribution in [-0.4, -0.2) is 32.2 Å². The van der Waals surface area contributed by atoms with Crippen LogP contribution in [0.5, 0.6) is 0 Å². The first-order valence-electron chi connectivity index (χ1n) is 5.24. The fraction of sp³-hybridized carbons (Fsp3) is 0.900. The van der Waals surface area contributed by atoms with Gasteiger partial charge in [0.2, 0.25) is 5.91 Å². The van der Waals surface area contributed by atoms with Gasteiger partial charge in [0.25, 0.3) is 0 Å². The van der Waals surface area contributed by atoms with Gasteiger partial charge in [-0.1, -0.05) is 6.92 Å². The van der Waals surface area contributed by atoms with E-state index in [1.165, 1.54) is 0 Å². The fourth-order valence-electron chi connectivity index (χ4n) is 1.08. The first-order chi connectivity index (χ1) is 6.72. The summed E-state index contributed by atoms with van der Waals surface area (Å²) in [6.07, 6.45) is 3.81. The highest BCUT2D eigenvalue weighted by molar-refractivity contribution is 5.81. The third-order valence-electron chi connectivity index (χ3n) is 2.10. The average Bonchev–Trinajstić information content (AvgIpc) is 2.21. The Balaban J connectivity index is 3.23. The van der Waals surface area contributed by atoms with E-state index in [0.29, 0.717) is 6.42 Å². The molecule has 0 aliphatic carbocycles. The van der Waals surface area contributed by atoms with E-state index in [1.807, 2.05) is 6.92 Å². The van der Waals surface area contributed by atoms with Crippen molar-refractivity contribution in [1.29, 1.82) is 0 Å². The van der Waals surface area contributed by atoms with Crippen molar-refractivity contribution < 1.29 is 9.53 Å². The van der Waals surface area contributed by atoms with Crippen molar-refractivity contribution in [3.05, 3.63) is 0 Å². The Bertz CT molecular complexity index is 151. The largest absolute Gasteiger partial charge is 0.385 e. The van der Waals surface area contributed by atoms with E-state index in [-0.39, 0.29) is 11.9 Å². The van der Waals surface area contributed by atoms with Gasteiger partial charge in [-0.05, 0) is 25.7 Å². The minimum absolute atomic E-state index is 0.0424. The van der Waals surface area contributed by atoms with Gasteiger partial charge in [-0.15, -0.1) is 0 Å². The van der Waals surface area contributed by atoms with Crippen molar-refractivity contribution >= 4 is 5.91 Å². The summed E-state index contributed by atoms with van der Waals surface area (Å²) in [5, 5.41) is 2.81. The lowest BCUT2D eigenvalue weighted by Gasteiger charge is -2.09. The van der Waals surface area contributed by atoms with E-state index in [0.717, 1.165) is 32.4 Å². The summed E-state index contributed by atoms with van der Waals surface area (Å²) in [5.74, 6) is -0.0424. The van der Waals surface area contributed by atoms with Gasteiger partial charge >= 0.3 is 0 Å². The molecule has 0 heterocycles. The van der Waals surface area contributed by atoms with Crippen molar-refractivity contribution in [2.24, 2.45) is 5.73 Å². The van der Waals surface area contributed by atoms with Crippen LogP contribution in [0.4, 0.5) is 0 Å². The molecule has 84 valence electrons. The number of rotatable bonds is 8. The second-order valence-electron chi connectivity index (χ2n) is 3.36. The number of hydrogen-bond donors (Lipinski definition) is 2. The first kappa shape index (κ1) is 13.4. The third kappa shape index (κ3) is 6.86. The molecule has 1 amide bonds. The maximum absolute atomic E-state index is 11.2. The molecule has 0 aromatic carbocycles. The smallest absolute Gasteiger partial charge is 0.236 e. The SMILES string of the molecule is CC[C@@H](N)C(=O)NCCCCCOC. The van der Waals surface area contributed by atoms with Crippen LogP contribution < -0.4 is 11.1 Å². The summed E-state index contributed by atoms with van der Waals surface area (Å²) in [5.41, 5.74) is 5.55. The molecule has 0 fully saturated rings. The van der Waals surface area contributed by atoms with Crippen LogP contribution >= 0.6 is 0 Å². The molecule has 0 spiro atoms. The van der Waals surface area contributed by atoms with Crippen LogP contribution in [0, 0.1) is 0 Å². The van der Waals surface area contributed by atoms with Crippen molar-refractivity contribution in [1.82, 2.24) is 5.32 Å². The van der Waals surface area contributed by atoms with Gasteiger partial charge < -0.3 is 15.8 Å². The zero-order chi connectivity index (χ0) is 10.8. The number of unbranched alkanes of at least 4 members (excludes halogenated alkanes) is 2. The quantitative estimate of drug-likeness (QED) is 0.568. The molecule has 0 aliphatic heterocycles.